The first-order valence-electron chi connectivity index (χ1n) is 9.43. The van der Waals surface area contributed by atoms with Crippen LogP contribution in [0.2, 0.25) is 0 Å². The second-order valence-electron chi connectivity index (χ2n) is 7.05. The largest absolute Gasteiger partial charge is 0.459 e. The quantitative estimate of drug-likeness (QED) is 0.687. The van der Waals surface area contributed by atoms with Crippen molar-refractivity contribution in [3.63, 3.8) is 0 Å². The van der Waals surface area contributed by atoms with Gasteiger partial charge in [0.25, 0.3) is 0 Å². The highest BCUT2D eigenvalue weighted by molar-refractivity contribution is 7.89. The Kier molecular flexibility index (Phi) is 5.33. The third-order valence-corrected chi connectivity index (χ3v) is 5.85. The summed E-state index contributed by atoms with van der Waals surface area (Å²) in [7, 11) is -3.79. The zero-order valence-corrected chi connectivity index (χ0v) is 16.5. The van der Waals surface area contributed by atoms with Crippen LogP contribution in [0.4, 0.5) is 4.39 Å². The second-order valence-corrected chi connectivity index (χ2v) is 8.61. The normalized spacial score (nSPS) is 15.4. The summed E-state index contributed by atoms with van der Waals surface area (Å²) in [5, 5.41) is 9.64. The molecule has 0 bridgehead atoms. The van der Waals surface area contributed by atoms with Gasteiger partial charge in [0.1, 0.15) is 11.9 Å². The number of sulfonamides is 1. The van der Waals surface area contributed by atoms with Gasteiger partial charge in [0.15, 0.2) is 5.82 Å². The maximum absolute atomic E-state index is 13.4. The number of hydrogen-bond donors (Lipinski definition) is 1. The Balaban J connectivity index is 1.73. The SMILES string of the molecule is NS(=O)(=O)c1ccc(-n2nc(OC3CCCCC3)nc2-c2ccc(F)cc2)cc1. The first kappa shape index (κ1) is 19.5. The first-order valence-corrected chi connectivity index (χ1v) is 11.0. The molecule has 0 radical (unpaired) electrons. The molecule has 1 fully saturated rings. The lowest BCUT2D eigenvalue weighted by Crippen LogP contribution is -2.20. The summed E-state index contributed by atoms with van der Waals surface area (Å²) in [6, 6.07) is 12.1. The summed E-state index contributed by atoms with van der Waals surface area (Å²) in [5.74, 6) is 0.121. The minimum atomic E-state index is -3.79. The Labute approximate surface area is 168 Å². The van der Waals surface area contributed by atoms with Crippen LogP contribution >= 0.6 is 0 Å². The standard InChI is InChI=1S/C20H21FN4O3S/c21-15-8-6-14(7-9-15)19-23-20(28-17-4-2-1-3-5-17)24-25(19)16-10-12-18(13-11-16)29(22,26)27/h6-13,17H,1-5H2,(H2,22,26,27). The molecule has 1 aromatic heterocycles. The lowest BCUT2D eigenvalue weighted by molar-refractivity contribution is 0.142. The van der Waals surface area contributed by atoms with Gasteiger partial charge in [0.05, 0.1) is 10.6 Å². The maximum Gasteiger partial charge on any atom is 0.336 e. The summed E-state index contributed by atoms with van der Waals surface area (Å²) < 4.78 is 43.9. The van der Waals surface area contributed by atoms with Gasteiger partial charge in [0, 0.05) is 5.56 Å². The Morgan fingerprint density at radius 1 is 1.00 bits per heavy atom. The molecule has 152 valence electrons. The van der Waals surface area contributed by atoms with Crippen molar-refractivity contribution in [2.75, 3.05) is 0 Å². The molecular formula is C20H21FN4O3S. The lowest BCUT2D eigenvalue weighted by atomic mass is 9.98. The molecule has 0 amide bonds. The number of benzene rings is 2. The van der Waals surface area contributed by atoms with Crippen molar-refractivity contribution in [3.05, 3.63) is 54.3 Å². The maximum atomic E-state index is 13.4. The third-order valence-electron chi connectivity index (χ3n) is 4.92. The van der Waals surface area contributed by atoms with Crippen LogP contribution < -0.4 is 9.88 Å². The van der Waals surface area contributed by atoms with Gasteiger partial charge < -0.3 is 4.74 Å². The molecule has 0 saturated heterocycles. The fraction of sp³-hybridized carbons (Fsp3) is 0.300. The van der Waals surface area contributed by atoms with Crippen molar-refractivity contribution in [2.45, 2.75) is 43.1 Å². The van der Waals surface area contributed by atoms with Gasteiger partial charge in [-0.2, -0.15) is 4.98 Å². The van der Waals surface area contributed by atoms with Gasteiger partial charge in [-0.25, -0.2) is 22.6 Å². The van der Waals surface area contributed by atoms with Crippen LogP contribution in [-0.2, 0) is 10.0 Å². The molecule has 0 atom stereocenters. The summed E-state index contributed by atoms with van der Waals surface area (Å²) in [4.78, 5) is 4.52. The minimum absolute atomic E-state index is 0.00313. The predicted molar refractivity (Wildman–Crippen MR) is 106 cm³/mol. The van der Waals surface area contributed by atoms with Crippen molar-refractivity contribution >= 4 is 10.0 Å². The number of hydrogen-bond acceptors (Lipinski definition) is 5. The van der Waals surface area contributed by atoms with Gasteiger partial charge in [0.2, 0.25) is 10.0 Å². The van der Waals surface area contributed by atoms with Gasteiger partial charge in [-0.3, -0.25) is 0 Å². The second kappa shape index (κ2) is 7.92. The van der Waals surface area contributed by atoms with Gasteiger partial charge in [-0.05, 0) is 74.2 Å². The van der Waals surface area contributed by atoms with E-state index < -0.39 is 10.0 Å². The number of aromatic nitrogens is 3. The molecule has 1 aliphatic carbocycles. The molecule has 2 N–H and O–H groups in total. The fourth-order valence-electron chi connectivity index (χ4n) is 3.42. The summed E-state index contributed by atoms with van der Waals surface area (Å²) >= 11 is 0. The van der Waals surface area contributed by atoms with Gasteiger partial charge in [-0.1, -0.05) is 6.42 Å². The molecule has 29 heavy (non-hydrogen) atoms. The molecule has 3 aromatic rings. The monoisotopic (exact) mass is 416 g/mol. The van der Waals surface area contributed by atoms with Crippen LogP contribution in [-0.4, -0.2) is 29.3 Å². The minimum Gasteiger partial charge on any atom is -0.459 e. The topological polar surface area (TPSA) is 100 Å². The van der Waals surface area contributed by atoms with E-state index >= 15 is 0 Å². The summed E-state index contributed by atoms with van der Waals surface area (Å²) in [5.41, 5.74) is 1.25. The molecule has 9 heteroatoms. The number of nitrogens with two attached hydrogens (primary N) is 1. The molecule has 1 heterocycles. The molecule has 7 nitrogen and oxygen atoms in total. The van der Waals surface area contributed by atoms with Crippen molar-refractivity contribution in [1.82, 2.24) is 14.8 Å². The van der Waals surface area contributed by atoms with E-state index in [1.165, 1.54) is 30.7 Å². The van der Waals surface area contributed by atoms with E-state index in [1.807, 2.05) is 0 Å². The lowest BCUT2D eigenvalue weighted by Gasteiger charge is -2.20. The van der Waals surface area contributed by atoms with Crippen LogP contribution in [0, 0.1) is 5.82 Å². The highest BCUT2D eigenvalue weighted by atomic mass is 32.2. The van der Waals surface area contributed by atoms with Crippen LogP contribution in [0.3, 0.4) is 0 Å². The van der Waals surface area contributed by atoms with E-state index in [9.17, 15) is 12.8 Å². The van der Waals surface area contributed by atoms with E-state index in [0.29, 0.717) is 17.1 Å². The van der Waals surface area contributed by atoms with Crippen molar-refractivity contribution in [2.24, 2.45) is 5.14 Å². The summed E-state index contributed by atoms with van der Waals surface area (Å²) in [6.45, 7) is 0. The highest BCUT2D eigenvalue weighted by Crippen LogP contribution is 2.27. The van der Waals surface area contributed by atoms with E-state index in [0.717, 1.165) is 25.7 Å². The zero-order valence-electron chi connectivity index (χ0n) is 15.7. The highest BCUT2D eigenvalue weighted by Gasteiger charge is 2.20. The van der Waals surface area contributed by atoms with Crippen LogP contribution in [0.1, 0.15) is 32.1 Å². The van der Waals surface area contributed by atoms with Crippen molar-refractivity contribution < 1.29 is 17.5 Å². The number of halogens is 1. The fourth-order valence-corrected chi connectivity index (χ4v) is 3.93. The van der Waals surface area contributed by atoms with Gasteiger partial charge in [-0.15, -0.1) is 5.10 Å². The Morgan fingerprint density at radius 3 is 2.28 bits per heavy atom. The third kappa shape index (κ3) is 4.46. The average molecular weight is 416 g/mol. The van der Waals surface area contributed by atoms with Crippen LogP contribution in [0.25, 0.3) is 17.1 Å². The Bertz CT molecular complexity index is 1090. The van der Waals surface area contributed by atoms with E-state index in [4.69, 9.17) is 9.88 Å². The molecule has 1 aliphatic rings. The first-order chi connectivity index (χ1) is 13.9. The number of rotatable bonds is 5. The average Bonchev–Trinajstić information content (AvgIpc) is 3.12. The molecule has 0 spiro atoms. The molecule has 4 rings (SSSR count). The Morgan fingerprint density at radius 2 is 1.66 bits per heavy atom. The molecule has 0 unspecified atom stereocenters. The number of ether oxygens (including phenoxy) is 1. The van der Waals surface area contributed by atoms with E-state index in [2.05, 4.69) is 10.1 Å². The number of primary sulfonamides is 1. The number of nitrogens with zero attached hydrogens (tertiary/aromatic N) is 3. The Hall–Kier alpha value is -2.78. The molecular weight excluding hydrogens is 395 g/mol. The molecule has 1 saturated carbocycles. The molecule has 2 aromatic carbocycles. The van der Waals surface area contributed by atoms with Crippen molar-refractivity contribution in [1.29, 1.82) is 0 Å². The van der Waals surface area contributed by atoms with Crippen molar-refractivity contribution in [3.8, 4) is 23.1 Å². The van der Waals surface area contributed by atoms with E-state index in [1.54, 1.807) is 28.9 Å². The van der Waals surface area contributed by atoms with Gasteiger partial charge >= 0.3 is 6.01 Å². The predicted octanol–water partition coefficient (Wildman–Crippen LogP) is 3.43. The van der Waals surface area contributed by atoms with Crippen LogP contribution in [0.5, 0.6) is 6.01 Å². The van der Waals surface area contributed by atoms with E-state index in [-0.39, 0.29) is 22.8 Å². The smallest absolute Gasteiger partial charge is 0.336 e. The van der Waals surface area contributed by atoms with Crippen LogP contribution in [0.15, 0.2) is 53.4 Å². The molecule has 0 aliphatic heterocycles. The summed E-state index contributed by atoms with van der Waals surface area (Å²) in [6.07, 6.45) is 5.44. The zero-order chi connectivity index (χ0) is 20.4.